The molecule has 1 aromatic heterocycles. The van der Waals surface area contributed by atoms with Crippen LogP contribution in [0.3, 0.4) is 0 Å². The Morgan fingerprint density at radius 2 is 1.76 bits per heavy atom. The van der Waals surface area contributed by atoms with Crippen molar-refractivity contribution in [1.29, 1.82) is 0 Å². The molecule has 0 saturated carbocycles. The predicted octanol–water partition coefficient (Wildman–Crippen LogP) is 4.63. The number of pyridine rings is 1. The minimum atomic E-state index is -0.466. The highest BCUT2D eigenvalue weighted by Gasteiger charge is 2.47. The fraction of sp³-hybridized carbons (Fsp3) is 0.393. The summed E-state index contributed by atoms with van der Waals surface area (Å²) in [6, 6.07) is 20.8. The van der Waals surface area contributed by atoms with Gasteiger partial charge in [-0.25, -0.2) is 4.98 Å². The van der Waals surface area contributed by atoms with Crippen molar-refractivity contribution in [2.24, 2.45) is 5.41 Å². The molecule has 2 aromatic carbocycles. The van der Waals surface area contributed by atoms with Crippen LogP contribution < -0.4 is 14.4 Å². The third kappa shape index (κ3) is 4.06. The Morgan fingerprint density at radius 3 is 2.39 bits per heavy atom. The van der Waals surface area contributed by atoms with Crippen molar-refractivity contribution in [1.82, 2.24) is 4.98 Å². The second-order valence-electron chi connectivity index (χ2n) is 9.63. The minimum Gasteiger partial charge on any atom is -0.493 e. The second-order valence-corrected chi connectivity index (χ2v) is 9.63. The number of methoxy groups -OCH3 is 1. The Balaban J connectivity index is 1.43. The van der Waals surface area contributed by atoms with E-state index in [9.17, 15) is 5.11 Å². The lowest BCUT2D eigenvalue weighted by Gasteiger charge is -2.34. The molecule has 1 N–H and O–H groups in total. The molecule has 0 radical (unpaired) electrons. The molecule has 5 nitrogen and oxygen atoms in total. The van der Waals surface area contributed by atoms with Crippen LogP contribution in [0.5, 0.6) is 11.5 Å². The monoisotopic (exact) mass is 444 g/mol. The first-order valence-electron chi connectivity index (χ1n) is 11.7. The molecule has 3 atom stereocenters. The van der Waals surface area contributed by atoms with E-state index in [0.29, 0.717) is 0 Å². The van der Waals surface area contributed by atoms with E-state index < -0.39 is 6.10 Å². The van der Waals surface area contributed by atoms with E-state index in [2.05, 4.69) is 53.2 Å². The Morgan fingerprint density at radius 1 is 1.03 bits per heavy atom. The Labute approximate surface area is 196 Å². The normalized spacial score (nSPS) is 23.4. The molecule has 3 aromatic rings. The highest BCUT2D eigenvalue weighted by Crippen LogP contribution is 2.47. The van der Waals surface area contributed by atoms with Gasteiger partial charge in [-0.15, -0.1) is 0 Å². The highest BCUT2D eigenvalue weighted by atomic mass is 16.5. The maximum absolute atomic E-state index is 10.8. The third-order valence-corrected chi connectivity index (χ3v) is 7.56. The third-order valence-electron chi connectivity index (χ3n) is 7.56. The molecular formula is C28H32N2O3. The minimum absolute atomic E-state index is 0.100. The fourth-order valence-corrected chi connectivity index (χ4v) is 5.42. The fourth-order valence-electron chi connectivity index (χ4n) is 5.42. The SMILES string of the molecule is COc1ccc(C2CN(c3ccccn3)CC2(C)C(C)O)cc1OC1Cc2ccccc2C1. The zero-order chi connectivity index (χ0) is 23.0. The number of nitrogens with zero attached hydrogens (tertiary/aromatic N) is 2. The van der Waals surface area contributed by atoms with Crippen molar-refractivity contribution in [3.63, 3.8) is 0 Å². The van der Waals surface area contributed by atoms with Gasteiger partial charge in [0, 0.05) is 43.5 Å². The van der Waals surface area contributed by atoms with E-state index in [1.807, 2.05) is 37.4 Å². The molecule has 1 fully saturated rings. The summed E-state index contributed by atoms with van der Waals surface area (Å²) in [5, 5.41) is 10.8. The van der Waals surface area contributed by atoms with Gasteiger partial charge in [0.25, 0.3) is 0 Å². The van der Waals surface area contributed by atoms with Crippen LogP contribution in [0, 0.1) is 5.41 Å². The van der Waals surface area contributed by atoms with E-state index in [1.54, 1.807) is 7.11 Å². The van der Waals surface area contributed by atoms with Crippen LogP contribution in [-0.2, 0) is 12.8 Å². The molecule has 0 bridgehead atoms. The molecule has 33 heavy (non-hydrogen) atoms. The van der Waals surface area contributed by atoms with Gasteiger partial charge in [0.05, 0.1) is 13.2 Å². The number of hydrogen-bond donors (Lipinski definition) is 1. The maximum Gasteiger partial charge on any atom is 0.161 e. The van der Waals surface area contributed by atoms with E-state index in [0.717, 1.165) is 48.8 Å². The smallest absolute Gasteiger partial charge is 0.161 e. The number of rotatable bonds is 6. The first-order chi connectivity index (χ1) is 16.0. The van der Waals surface area contributed by atoms with Crippen molar-refractivity contribution in [3.05, 3.63) is 83.6 Å². The zero-order valence-electron chi connectivity index (χ0n) is 19.6. The van der Waals surface area contributed by atoms with Gasteiger partial charge in [-0.3, -0.25) is 0 Å². The number of aromatic nitrogens is 1. The largest absolute Gasteiger partial charge is 0.493 e. The Hall–Kier alpha value is -3.05. The topological polar surface area (TPSA) is 54.8 Å². The lowest BCUT2D eigenvalue weighted by molar-refractivity contribution is 0.0558. The van der Waals surface area contributed by atoms with E-state index in [4.69, 9.17) is 9.47 Å². The number of aliphatic hydroxyl groups is 1. The molecule has 1 saturated heterocycles. The highest BCUT2D eigenvalue weighted by molar-refractivity contribution is 5.48. The van der Waals surface area contributed by atoms with Gasteiger partial charge in [-0.1, -0.05) is 43.3 Å². The summed E-state index contributed by atoms with van der Waals surface area (Å²) in [5.41, 5.74) is 3.57. The standard InChI is InChI=1S/C28H32N2O3/c1-19(31)28(2)18-30(27-10-6-7-13-29-27)17-24(28)22-11-12-25(32-3)26(16-22)33-23-14-20-8-4-5-9-21(20)15-23/h4-13,16,19,23-24,31H,14-15,17-18H2,1-3H3. The van der Waals surface area contributed by atoms with Crippen LogP contribution in [0.4, 0.5) is 5.82 Å². The average molecular weight is 445 g/mol. The van der Waals surface area contributed by atoms with Crippen LogP contribution in [0.25, 0.3) is 0 Å². The van der Waals surface area contributed by atoms with Crippen LogP contribution in [0.1, 0.15) is 36.5 Å². The van der Waals surface area contributed by atoms with Crippen LogP contribution >= 0.6 is 0 Å². The molecule has 3 unspecified atom stereocenters. The first-order valence-corrected chi connectivity index (χ1v) is 11.7. The summed E-state index contributed by atoms with van der Waals surface area (Å²) in [6.45, 7) is 5.60. The van der Waals surface area contributed by atoms with E-state index in [1.165, 1.54) is 11.1 Å². The van der Waals surface area contributed by atoms with E-state index in [-0.39, 0.29) is 17.4 Å². The summed E-state index contributed by atoms with van der Waals surface area (Å²) in [7, 11) is 1.68. The molecular weight excluding hydrogens is 412 g/mol. The predicted molar refractivity (Wildman–Crippen MR) is 130 cm³/mol. The number of hydrogen-bond acceptors (Lipinski definition) is 5. The summed E-state index contributed by atoms with van der Waals surface area (Å²) in [5.74, 6) is 2.60. The Bertz CT molecular complexity index is 1090. The first kappa shape index (κ1) is 21.8. The van der Waals surface area contributed by atoms with Gasteiger partial charge in [-0.05, 0) is 47.9 Å². The molecule has 172 valence electrons. The van der Waals surface area contributed by atoms with Gasteiger partial charge < -0.3 is 19.5 Å². The van der Waals surface area contributed by atoms with Crippen LogP contribution in [0.2, 0.25) is 0 Å². The molecule has 0 amide bonds. The number of ether oxygens (including phenoxy) is 2. The number of fused-ring (bicyclic) bond motifs is 1. The Kier molecular flexibility index (Phi) is 5.75. The van der Waals surface area contributed by atoms with Gasteiger partial charge >= 0.3 is 0 Å². The zero-order valence-corrected chi connectivity index (χ0v) is 19.6. The van der Waals surface area contributed by atoms with E-state index >= 15 is 0 Å². The van der Waals surface area contributed by atoms with Gasteiger partial charge in [-0.2, -0.15) is 0 Å². The van der Waals surface area contributed by atoms with Crippen molar-refractivity contribution >= 4 is 5.82 Å². The van der Waals surface area contributed by atoms with Gasteiger partial charge in [0.1, 0.15) is 11.9 Å². The molecule has 0 spiro atoms. The summed E-state index contributed by atoms with van der Waals surface area (Å²) in [4.78, 5) is 6.82. The molecule has 2 heterocycles. The average Bonchev–Trinajstić information content (AvgIpc) is 3.41. The number of anilines is 1. The van der Waals surface area contributed by atoms with Gasteiger partial charge in [0.2, 0.25) is 0 Å². The van der Waals surface area contributed by atoms with Crippen molar-refractivity contribution in [3.8, 4) is 11.5 Å². The van der Waals surface area contributed by atoms with Crippen molar-refractivity contribution in [2.45, 2.75) is 44.8 Å². The lowest BCUT2D eigenvalue weighted by atomic mass is 9.72. The van der Waals surface area contributed by atoms with Crippen LogP contribution in [-0.4, -0.2) is 42.5 Å². The molecule has 2 aliphatic rings. The summed E-state index contributed by atoms with van der Waals surface area (Å²) in [6.07, 6.45) is 3.27. The molecule has 5 heteroatoms. The molecule has 1 aliphatic carbocycles. The lowest BCUT2D eigenvalue weighted by Crippen LogP contribution is -2.37. The number of aliphatic hydroxyl groups excluding tert-OH is 1. The molecule has 1 aliphatic heterocycles. The van der Waals surface area contributed by atoms with Crippen LogP contribution in [0.15, 0.2) is 66.9 Å². The summed E-state index contributed by atoms with van der Waals surface area (Å²) < 4.78 is 12.2. The number of benzene rings is 2. The summed E-state index contributed by atoms with van der Waals surface area (Å²) >= 11 is 0. The van der Waals surface area contributed by atoms with Crippen molar-refractivity contribution in [2.75, 3.05) is 25.1 Å². The van der Waals surface area contributed by atoms with Crippen molar-refractivity contribution < 1.29 is 14.6 Å². The van der Waals surface area contributed by atoms with Gasteiger partial charge in [0.15, 0.2) is 11.5 Å². The maximum atomic E-state index is 10.8. The molecule has 5 rings (SSSR count). The quantitative estimate of drug-likeness (QED) is 0.601. The second kappa shape index (κ2) is 8.71.